The second-order valence-electron chi connectivity index (χ2n) is 8.49. The van der Waals surface area contributed by atoms with Crippen molar-refractivity contribution in [3.8, 4) is 5.75 Å². The normalized spacial score (nSPS) is 25.6. The Morgan fingerprint density at radius 2 is 1.68 bits per heavy atom. The Hall–Kier alpha value is -1.84. The Morgan fingerprint density at radius 1 is 0.964 bits per heavy atom. The van der Waals surface area contributed by atoms with Crippen molar-refractivity contribution < 1.29 is 4.74 Å². The molecule has 0 bridgehead atoms. The highest BCUT2D eigenvalue weighted by molar-refractivity contribution is 5.27. The second-order valence-corrected chi connectivity index (χ2v) is 8.49. The van der Waals surface area contributed by atoms with Crippen molar-refractivity contribution in [1.82, 2.24) is 10.2 Å². The first-order valence-electron chi connectivity index (χ1n) is 10.7. The van der Waals surface area contributed by atoms with Gasteiger partial charge in [-0.15, -0.1) is 0 Å². The number of benzene rings is 2. The summed E-state index contributed by atoms with van der Waals surface area (Å²) >= 11 is 0. The molecule has 0 amide bonds. The Kier molecular flexibility index (Phi) is 7.52. The summed E-state index contributed by atoms with van der Waals surface area (Å²) in [6.45, 7) is 8.05. The minimum atomic E-state index is 0.628. The second kappa shape index (κ2) is 10.1. The molecule has 0 saturated carbocycles. The third-order valence-electron chi connectivity index (χ3n) is 6.63. The summed E-state index contributed by atoms with van der Waals surface area (Å²) in [6, 6.07) is 20.0. The molecule has 1 aliphatic heterocycles. The van der Waals surface area contributed by atoms with Crippen LogP contribution in [-0.2, 0) is 13.0 Å². The lowest BCUT2D eigenvalue weighted by Crippen LogP contribution is -2.50. The number of methoxy groups -OCH3 is 1. The molecule has 4 atom stereocenters. The minimum absolute atomic E-state index is 0.628. The van der Waals surface area contributed by atoms with Crippen LogP contribution in [0.2, 0.25) is 0 Å². The highest BCUT2D eigenvalue weighted by atomic mass is 16.5. The van der Waals surface area contributed by atoms with Crippen LogP contribution in [0, 0.1) is 17.8 Å². The van der Waals surface area contributed by atoms with Crippen LogP contribution in [0.1, 0.15) is 31.4 Å². The van der Waals surface area contributed by atoms with Crippen molar-refractivity contribution in [1.29, 1.82) is 0 Å². The lowest BCUT2D eigenvalue weighted by Gasteiger charge is -2.46. The number of likely N-dealkylation sites (tertiary alicyclic amines) is 1. The van der Waals surface area contributed by atoms with Gasteiger partial charge in [0.05, 0.1) is 7.11 Å². The molecule has 0 aromatic heterocycles. The molecule has 28 heavy (non-hydrogen) atoms. The summed E-state index contributed by atoms with van der Waals surface area (Å²) in [5, 5.41) is 3.66. The SMILES string of the molecule is COc1ccc(CNCC[C@H]2[C@H](Cc3ccccc3)[C@@H](C)N(C)C[C@H]2C)cc1. The molecule has 1 fully saturated rings. The van der Waals surface area contributed by atoms with E-state index in [0.29, 0.717) is 12.0 Å². The van der Waals surface area contributed by atoms with E-state index in [2.05, 4.69) is 73.6 Å². The summed E-state index contributed by atoms with van der Waals surface area (Å²) in [5.41, 5.74) is 2.78. The van der Waals surface area contributed by atoms with Crippen LogP contribution in [0.25, 0.3) is 0 Å². The van der Waals surface area contributed by atoms with Gasteiger partial charge in [-0.3, -0.25) is 0 Å². The molecule has 1 heterocycles. The van der Waals surface area contributed by atoms with Crippen molar-refractivity contribution in [2.75, 3.05) is 27.2 Å². The first-order chi connectivity index (χ1) is 13.6. The zero-order valence-electron chi connectivity index (χ0n) is 17.9. The molecule has 3 nitrogen and oxygen atoms in total. The zero-order valence-corrected chi connectivity index (χ0v) is 17.9. The number of rotatable bonds is 8. The van der Waals surface area contributed by atoms with Gasteiger partial charge in [0.15, 0.2) is 0 Å². The average molecular weight is 381 g/mol. The zero-order chi connectivity index (χ0) is 19.9. The maximum Gasteiger partial charge on any atom is 0.118 e. The highest BCUT2D eigenvalue weighted by Crippen LogP contribution is 2.36. The monoisotopic (exact) mass is 380 g/mol. The van der Waals surface area contributed by atoms with Crippen LogP contribution < -0.4 is 10.1 Å². The van der Waals surface area contributed by atoms with Gasteiger partial charge in [-0.1, -0.05) is 49.4 Å². The Bertz CT molecular complexity index is 700. The van der Waals surface area contributed by atoms with E-state index >= 15 is 0 Å². The molecule has 0 unspecified atom stereocenters. The lowest BCUT2D eigenvalue weighted by atomic mass is 9.70. The fraction of sp³-hybridized carbons (Fsp3) is 0.520. The first-order valence-corrected chi connectivity index (χ1v) is 10.7. The van der Waals surface area contributed by atoms with Gasteiger partial charge in [-0.2, -0.15) is 0 Å². The molecule has 0 radical (unpaired) electrons. The Labute approximate surface area is 171 Å². The van der Waals surface area contributed by atoms with Gasteiger partial charge in [0.2, 0.25) is 0 Å². The van der Waals surface area contributed by atoms with E-state index in [1.54, 1.807) is 7.11 Å². The van der Waals surface area contributed by atoms with Gasteiger partial charge in [0, 0.05) is 19.1 Å². The van der Waals surface area contributed by atoms with Crippen LogP contribution in [0.5, 0.6) is 5.75 Å². The lowest BCUT2D eigenvalue weighted by molar-refractivity contribution is 0.0320. The van der Waals surface area contributed by atoms with E-state index in [9.17, 15) is 0 Å². The molecule has 1 aliphatic rings. The third kappa shape index (κ3) is 5.36. The van der Waals surface area contributed by atoms with Crippen molar-refractivity contribution in [2.45, 2.75) is 39.3 Å². The van der Waals surface area contributed by atoms with Crippen LogP contribution in [0.3, 0.4) is 0 Å². The fourth-order valence-electron chi connectivity index (χ4n) is 4.81. The van der Waals surface area contributed by atoms with Crippen LogP contribution >= 0.6 is 0 Å². The van der Waals surface area contributed by atoms with Crippen molar-refractivity contribution in [3.63, 3.8) is 0 Å². The van der Waals surface area contributed by atoms with Crippen molar-refractivity contribution >= 4 is 0 Å². The van der Waals surface area contributed by atoms with E-state index < -0.39 is 0 Å². The summed E-state index contributed by atoms with van der Waals surface area (Å²) in [7, 11) is 4.00. The largest absolute Gasteiger partial charge is 0.497 e. The smallest absolute Gasteiger partial charge is 0.118 e. The quantitative estimate of drug-likeness (QED) is 0.676. The number of nitrogens with one attached hydrogen (secondary N) is 1. The Balaban J connectivity index is 1.57. The van der Waals surface area contributed by atoms with Crippen LogP contribution in [-0.4, -0.2) is 38.2 Å². The molecule has 152 valence electrons. The molecular weight excluding hydrogens is 344 g/mol. The molecule has 0 spiro atoms. The molecule has 2 aromatic carbocycles. The van der Waals surface area contributed by atoms with Gasteiger partial charge in [-0.05, 0) is 74.4 Å². The van der Waals surface area contributed by atoms with Crippen LogP contribution in [0.4, 0.5) is 0 Å². The number of nitrogens with zero attached hydrogens (tertiary/aromatic N) is 1. The average Bonchev–Trinajstić information content (AvgIpc) is 2.72. The van der Waals surface area contributed by atoms with E-state index in [4.69, 9.17) is 4.74 Å². The predicted molar refractivity (Wildman–Crippen MR) is 118 cm³/mol. The van der Waals surface area contributed by atoms with Gasteiger partial charge in [0.25, 0.3) is 0 Å². The van der Waals surface area contributed by atoms with Gasteiger partial charge < -0.3 is 15.0 Å². The summed E-state index contributed by atoms with van der Waals surface area (Å²) in [4.78, 5) is 2.56. The van der Waals surface area contributed by atoms with Gasteiger partial charge >= 0.3 is 0 Å². The highest BCUT2D eigenvalue weighted by Gasteiger charge is 2.37. The van der Waals surface area contributed by atoms with E-state index in [-0.39, 0.29) is 0 Å². The first kappa shape index (κ1) is 20.9. The predicted octanol–water partition coefficient (Wildman–Crippen LogP) is 4.62. The maximum atomic E-state index is 5.24. The summed E-state index contributed by atoms with van der Waals surface area (Å²) < 4.78 is 5.24. The number of piperidine rings is 1. The molecular formula is C25H36N2O. The molecule has 3 heteroatoms. The van der Waals surface area contributed by atoms with Crippen molar-refractivity contribution in [3.05, 3.63) is 65.7 Å². The molecule has 1 saturated heterocycles. The Morgan fingerprint density at radius 3 is 2.36 bits per heavy atom. The summed E-state index contributed by atoms with van der Waals surface area (Å²) in [5.74, 6) is 3.12. The van der Waals surface area contributed by atoms with E-state index in [0.717, 1.165) is 30.7 Å². The van der Waals surface area contributed by atoms with E-state index in [1.807, 2.05) is 12.1 Å². The minimum Gasteiger partial charge on any atom is -0.497 e. The number of ether oxygens (including phenoxy) is 1. The summed E-state index contributed by atoms with van der Waals surface area (Å²) in [6.07, 6.45) is 2.42. The van der Waals surface area contributed by atoms with Gasteiger partial charge in [0.1, 0.15) is 5.75 Å². The number of hydrogen-bond acceptors (Lipinski definition) is 3. The topological polar surface area (TPSA) is 24.5 Å². The van der Waals surface area contributed by atoms with Crippen molar-refractivity contribution in [2.24, 2.45) is 17.8 Å². The molecule has 1 N–H and O–H groups in total. The maximum absolute atomic E-state index is 5.24. The molecule has 0 aliphatic carbocycles. The molecule has 3 rings (SSSR count). The van der Waals surface area contributed by atoms with Gasteiger partial charge in [-0.25, -0.2) is 0 Å². The van der Waals surface area contributed by atoms with Crippen LogP contribution in [0.15, 0.2) is 54.6 Å². The number of hydrogen-bond donors (Lipinski definition) is 1. The third-order valence-corrected chi connectivity index (χ3v) is 6.63. The van der Waals surface area contributed by atoms with E-state index in [1.165, 1.54) is 30.5 Å². The molecule has 2 aromatic rings. The fourth-order valence-corrected chi connectivity index (χ4v) is 4.81. The standard InChI is InChI=1S/C25H36N2O/c1-19-18-27(3)20(2)25(16-21-8-6-5-7-9-21)24(19)14-15-26-17-22-10-12-23(28-4)13-11-22/h5-13,19-20,24-26H,14-18H2,1-4H3/t19-,20-,24-,25-/m1/s1.